The average molecular weight is 384 g/mol. The van der Waals surface area contributed by atoms with Gasteiger partial charge in [-0.05, 0) is 42.1 Å². The normalized spacial score (nSPS) is 43.9. The molecular formula is C23H33N3O2. The average Bonchev–Trinajstić information content (AvgIpc) is 3.25. The van der Waals surface area contributed by atoms with Gasteiger partial charge in [-0.2, -0.15) is 0 Å². The van der Waals surface area contributed by atoms with Crippen molar-refractivity contribution < 1.29 is 9.90 Å². The Morgan fingerprint density at radius 2 is 1.89 bits per heavy atom. The minimum atomic E-state index is -0.407. The second-order valence-corrected chi connectivity index (χ2v) is 10.3. The molecule has 2 saturated carbocycles. The van der Waals surface area contributed by atoms with E-state index in [9.17, 15) is 9.90 Å². The van der Waals surface area contributed by atoms with Gasteiger partial charge in [0.05, 0.1) is 17.6 Å². The number of amides is 1. The number of fused-ring (bicyclic) bond motifs is 3. The fourth-order valence-electron chi connectivity index (χ4n) is 6.88. The third-order valence-corrected chi connectivity index (χ3v) is 9.34. The van der Waals surface area contributed by atoms with Crippen molar-refractivity contribution in [1.82, 2.24) is 15.8 Å². The van der Waals surface area contributed by atoms with E-state index in [0.29, 0.717) is 18.4 Å². The molecule has 5 nitrogen and oxygen atoms in total. The van der Waals surface area contributed by atoms with Crippen LogP contribution >= 0.6 is 0 Å². The molecule has 3 unspecified atom stereocenters. The lowest BCUT2D eigenvalue weighted by Crippen LogP contribution is -2.54. The van der Waals surface area contributed by atoms with Crippen LogP contribution in [0.1, 0.15) is 58.1 Å². The molecule has 0 radical (unpaired) electrons. The second-order valence-electron chi connectivity index (χ2n) is 10.3. The second kappa shape index (κ2) is 6.04. The van der Waals surface area contributed by atoms with E-state index in [-0.39, 0.29) is 28.9 Å². The SMILES string of the molecule is CC1(C)[C@@]2(C(=O)N3CCC4NNC(c5ccccc5)C4C3)CC[C@]1(C)[C@@H](O)C2. The number of piperidine rings is 1. The molecule has 3 N–H and O–H groups in total. The van der Waals surface area contributed by atoms with E-state index in [0.717, 1.165) is 32.4 Å². The predicted molar refractivity (Wildman–Crippen MR) is 108 cm³/mol. The highest BCUT2D eigenvalue weighted by Crippen LogP contribution is 2.72. The topological polar surface area (TPSA) is 64.6 Å². The van der Waals surface area contributed by atoms with Gasteiger partial charge in [-0.15, -0.1) is 0 Å². The van der Waals surface area contributed by atoms with Gasteiger partial charge in [0.1, 0.15) is 0 Å². The van der Waals surface area contributed by atoms with E-state index in [1.807, 2.05) is 6.07 Å². The molecule has 2 saturated heterocycles. The van der Waals surface area contributed by atoms with Crippen LogP contribution in [0.3, 0.4) is 0 Å². The number of nitrogens with zero attached hydrogens (tertiary/aromatic N) is 1. The lowest BCUT2D eigenvalue weighted by Gasteiger charge is -2.45. The van der Waals surface area contributed by atoms with Gasteiger partial charge < -0.3 is 10.0 Å². The summed E-state index contributed by atoms with van der Waals surface area (Å²) in [5, 5.41) is 10.8. The van der Waals surface area contributed by atoms with Gasteiger partial charge in [-0.25, -0.2) is 5.43 Å². The molecule has 4 aliphatic rings. The van der Waals surface area contributed by atoms with E-state index in [2.05, 4.69) is 60.8 Å². The van der Waals surface area contributed by atoms with Crippen LogP contribution in [0.4, 0.5) is 0 Å². The van der Waals surface area contributed by atoms with E-state index in [1.165, 1.54) is 5.56 Å². The van der Waals surface area contributed by atoms with Crippen LogP contribution < -0.4 is 10.9 Å². The molecular weight excluding hydrogens is 350 g/mol. The first-order valence-corrected chi connectivity index (χ1v) is 10.8. The zero-order valence-electron chi connectivity index (χ0n) is 17.2. The summed E-state index contributed by atoms with van der Waals surface area (Å²) in [6.45, 7) is 8.20. The maximum absolute atomic E-state index is 13.9. The van der Waals surface area contributed by atoms with Gasteiger partial charge in [0.2, 0.25) is 5.91 Å². The van der Waals surface area contributed by atoms with Crippen LogP contribution in [0, 0.1) is 22.2 Å². The summed E-state index contributed by atoms with van der Waals surface area (Å²) in [6.07, 6.45) is 3.09. The Balaban J connectivity index is 1.40. The van der Waals surface area contributed by atoms with Crippen LogP contribution in [0.15, 0.2) is 30.3 Å². The van der Waals surface area contributed by atoms with Crippen LogP contribution in [0.25, 0.3) is 0 Å². The third-order valence-electron chi connectivity index (χ3n) is 9.34. The summed E-state index contributed by atoms with van der Waals surface area (Å²) in [6, 6.07) is 11.2. The number of carbonyl (C=O) groups excluding carboxylic acids is 1. The standard InChI is InChI=1S/C23H33N3O2/c1-21(2)22(3)10-11-23(21,13-18(22)27)20(28)26-12-9-17-16(14-26)19(25-24-17)15-7-5-4-6-8-15/h4-8,16-19,24-25,27H,9-14H2,1-3H3/t16?,17?,18-,19?,22+,23-/m0/s1. The molecule has 2 bridgehead atoms. The number of rotatable bonds is 2. The molecule has 5 heteroatoms. The molecule has 1 amide bonds. The van der Waals surface area contributed by atoms with Crippen molar-refractivity contribution in [3.8, 4) is 0 Å². The summed E-state index contributed by atoms with van der Waals surface area (Å²) in [5.74, 6) is 0.661. The van der Waals surface area contributed by atoms with Gasteiger partial charge in [-0.3, -0.25) is 10.2 Å². The Kier molecular flexibility index (Phi) is 4.01. The van der Waals surface area contributed by atoms with E-state index < -0.39 is 5.41 Å². The number of aliphatic hydroxyl groups excluding tert-OH is 1. The highest BCUT2D eigenvalue weighted by atomic mass is 16.3. The van der Waals surface area contributed by atoms with Gasteiger partial charge in [0, 0.05) is 25.0 Å². The van der Waals surface area contributed by atoms with Crippen molar-refractivity contribution in [2.45, 2.75) is 64.6 Å². The number of hydrazine groups is 1. The highest BCUT2D eigenvalue weighted by Gasteiger charge is 2.72. The molecule has 2 aliphatic heterocycles. The molecule has 28 heavy (non-hydrogen) atoms. The van der Waals surface area contributed by atoms with E-state index in [4.69, 9.17) is 0 Å². The first kappa shape index (κ1) is 18.6. The Bertz CT molecular complexity index is 781. The molecule has 1 aromatic carbocycles. The number of benzene rings is 1. The molecule has 2 aliphatic carbocycles. The molecule has 1 aromatic rings. The lowest BCUT2D eigenvalue weighted by atomic mass is 9.64. The maximum Gasteiger partial charge on any atom is 0.229 e. The maximum atomic E-state index is 13.9. The summed E-state index contributed by atoms with van der Waals surface area (Å²) in [5.41, 5.74) is 7.50. The quantitative estimate of drug-likeness (QED) is 0.735. The largest absolute Gasteiger partial charge is 0.393 e. The van der Waals surface area contributed by atoms with Crippen LogP contribution in [-0.4, -0.2) is 41.1 Å². The number of hydrogen-bond acceptors (Lipinski definition) is 4. The van der Waals surface area contributed by atoms with E-state index >= 15 is 0 Å². The minimum absolute atomic E-state index is 0.149. The molecule has 2 heterocycles. The minimum Gasteiger partial charge on any atom is -0.393 e. The smallest absolute Gasteiger partial charge is 0.229 e. The Morgan fingerprint density at radius 1 is 1.14 bits per heavy atom. The fourth-order valence-corrected chi connectivity index (χ4v) is 6.88. The first-order chi connectivity index (χ1) is 13.3. The zero-order valence-corrected chi connectivity index (χ0v) is 17.2. The first-order valence-electron chi connectivity index (χ1n) is 10.8. The number of nitrogens with one attached hydrogen (secondary N) is 2. The van der Waals surface area contributed by atoms with Crippen LogP contribution in [-0.2, 0) is 4.79 Å². The van der Waals surface area contributed by atoms with Gasteiger partial charge in [0.15, 0.2) is 0 Å². The fraction of sp³-hybridized carbons (Fsp3) is 0.696. The van der Waals surface area contributed by atoms with Crippen molar-refractivity contribution in [3.63, 3.8) is 0 Å². The van der Waals surface area contributed by atoms with Gasteiger partial charge in [0.25, 0.3) is 0 Å². The van der Waals surface area contributed by atoms with Crippen molar-refractivity contribution in [2.24, 2.45) is 22.2 Å². The number of carbonyl (C=O) groups is 1. The molecule has 0 aromatic heterocycles. The monoisotopic (exact) mass is 383 g/mol. The lowest BCUT2D eigenvalue weighted by molar-refractivity contribution is -0.149. The van der Waals surface area contributed by atoms with E-state index in [1.54, 1.807) is 0 Å². The molecule has 4 fully saturated rings. The van der Waals surface area contributed by atoms with Crippen molar-refractivity contribution >= 4 is 5.91 Å². The molecule has 5 rings (SSSR count). The summed E-state index contributed by atoms with van der Waals surface area (Å²) < 4.78 is 0. The summed E-state index contributed by atoms with van der Waals surface area (Å²) in [7, 11) is 0. The van der Waals surface area contributed by atoms with Crippen molar-refractivity contribution in [3.05, 3.63) is 35.9 Å². The molecule has 6 atom stereocenters. The number of hydrogen-bond donors (Lipinski definition) is 3. The van der Waals surface area contributed by atoms with Crippen molar-refractivity contribution in [1.29, 1.82) is 0 Å². The van der Waals surface area contributed by atoms with Crippen LogP contribution in [0.5, 0.6) is 0 Å². The van der Waals surface area contributed by atoms with Gasteiger partial charge >= 0.3 is 0 Å². The Labute approximate surface area is 167 Å². The molecule has 0 spiro atoms. The summed E-state index contributed by atoms with van der Waals surface area (Å²) in [4.78, 5) is 16.0. The molecule has 152 valence electrons. The predicted octanol–water partition coefficient (Wildman–Crippen LogP) is 2.63. The third kappa shape index (κ3) is 2.21. The number of aliphatic hydroxyl groups is 1. The Morgan fingerprint density at radius 3 is 2.54 bits per heavy atom. The zero-order chi connectivity index (χ0) is 19.7. The summed E-state index contributed by atoms with van der Waals surface area (Å²) >= 11 is 0. The van der Waals surface area contributed by atoms with Crippen molar-refractivity contribution in [2.75, 3.05) is 13.1 Å². The number of likely N-dealkylation sites (tertiary alicyclic amines) is 1. The Hall–Kier alpha value is -1.43. The highest BCUT2D eigenvalue weighted by molar-refractivity contribution is 5.85. The van der Waals surface area contributed by atoms with Crippen LogP contribution in [0.2, 0.25) is 0 Å². The van der Waals surface area contributed by atoms with Gasteiger partial charge in [-0.1, -0.05) is 51.1 Å².